The first kappa shape index (κ1) is 23.5. The number of nitrogens with zero attached hydrogens (tertiary/aromatic N) is 4. The molecule has 0 unspecified atom stereocenters. The average Bonchev–Trinajstić information content (AvgIpc) is 3.22. The SMILES string of the molecule is C[Si](C)(C)CCOCn1c(-c2ccccc2)nc(-c2ccncc2)c1-c1ccc([N+](=O)[O-])cc1. The maximum atomic E-state index is 11.2. The Morgan fingerprint density at radius 1 is 0.912 bits per heavy atom. The fourth-order valence-corrected chi connectivity index (χ4v) is 4.42. The highest BCUT2D eigenvalue weighted by molar-refractivity contribution is 6.76. The molecule has 0 radical (unpaired) electrons. The van der Waals surface area contributed by atoms with Crippen molar-refractivity contribution in [2.24, 2.45) is 0 Å². The molecule has 0 spiro atoms. The number of ether oxygens (including phenoxy) is 1. The normalized spacial score (nSPS) is 11.5. The molecule has 2 heterocycles. The summed E-state index contributed by atoms with van der Waals surface area (Å²) in [5.41, 5.74) is 4.41. The third kappa shape index (κ3) is 5.47. The zero-order valence-corrected chi connectivity index (χ0v) is 20.6. The molecule has 4 aromatic rings. The minimum atomic E-state index is -1.24. The van der Waals surface area contributed by atoms with Gasteiger partial charge in [-0.1, -0.05) is 50.0 Å². The zero-order valence-electron chi connectivity index (χ0n) is 19.6. The summed E-state index contributed by atoms with van der Waals surface area (Å²) in [6.07, 6.45) is 3.47. The van der Waals surface area contributed by atoms with Gasteiger partial charge in [-0.15, -0.1) is 0 Å². The van der Waals surface area contributed by atoms with Crippen molar-refractivity contribution in [2.45, 2.75) is 32.4 Å². The van der Waals surface area contributed by atoms with E-state index in [4.69, 9.17) is 9.72 Å². The number of imidazole rings is 1. The van der Waals surface area contributed by atoms with Gasteiger partial charge in [0.15, 0.2) is 0 Å². The van der Waals surface area contributed by atoms with Crippen LogP contribution in [0, 0.1) is 10.1 Å². The molecule has 2 aromatic carbocycles. The van der Waals surface area contributed by atoms with Crippen molar-refractivity contribution in [1.82, 2.24) is 14.5 Å². The van der Waals surface area contributed by atoms with E-state index in [0.717, 1.165) is 39.9 Å². The summed E-state index contributed by atoms with van der Waals surface area (Å²) in [6.45, 7) is 7.98. The minimum absolute atomic E-state index is 0.0509. The Kier molecular flexibility index (Phi) is 7.00. The summed E-state index contributed by atoms with van der Waals surface area (Å²) in [5, 5.41) is 11.2. The summed E-state index contributed by atoms with van der Waals surface area (Å²) in [6, 6.07) is 21.5. The molecule has 2 aromatic heterocycles. The van der Waals surface area contributed by atoms with Crippen LogP contribution in [0.3, 0.4) is 0 Å². The molecule has 8 heteroatoms. The number of nitro groups is 1. The van der Waals surface area contributed by atoms with Gasteiger partial charge >= 0.3 is 0 Å². The molecule has 0 saturated carbocycles. The third-order valence-electron chi connectivity index (χ3n) is 5.52. The number of aromatic nitrogens is 3. The Morgan fingerprint density at radius 2 is 1.59 bits per heavy atom. The zero-order chi connectivity index (χ0) is 24.1. The van der Waals surface area contributed by atoms with Crippen LogP contribution in [-0.4, -0.2) is 34.1 Å². The molecule has 0 bridgehead atoms. The van der Waals surface area contributed by atoms with Crippen LogP contribution in [0.15, 0.2) is 79.1 Å². The van der Waals surface area contributed by atoms with Gasteiger partial charge in [0.1, 0.15) is 12.6 Å². The van der Waals surface area contributed by atoms with Crippen LogP contribution >= 0.6 is 0 Å². The van der Waals surface area contributed by atoms with Crippen LogP contribution in [0.1, 0.15) is 0 Å². The standard InChI is InChI=1S/C26H28N4O3Si/c1-34(2,3)18-17-33-19-29-25(21-9-11-23(12-10-21)30(31)32)24(20-13-15-27-16-14-20)28-26(29)22-7-5-4-6-8-22/h4-16H,17-19H2,1-3H3. The van der Waals surface area contributed by atoms with Crippen LogP contribution in [-0.2, 0) is 11.5 Å². The summed E-state index contributed by atoms with van der Waals surface area (Å²) >= 11 is 0. The Morgan fingerprint density at radius 3 is 2.21 bits per heavy atom. The molecular weight excluding hydrogens is 444 g/mol. The second-order valence-corrected chi connectivity index (χ2v) is 14.9. The predicted molar refractivity (Wildman–Crippen MR) is 137 cm³/mol. The monoisotopic (exact) mass is 472 g/mol. The molecule has 0 N–H and O–H groups in total. The number of hydrogen-bond acceptors (Lipinski definition) is 5. The summed E-state index contributed by atoms with van der Waals surface area (Å²) in [7, 11) is -1.24. The van der Waals surface area contributed by atoms with Crippen molar-refractivity contribution in [3.63, 3.8) is 0 Å². The topological polar surface area (TPSA) is 83.1 Å². The number of non-ortho nitro benzene ring substituents is 1. The lowest BCUT2D eigenvalue weighted by Gasteiger charge is -2.17. The molecule has 0 aliphatic heterocycles. The molecule has 0 fully saturated rings. The van der Waals surface area contributed by atoms with E-state index in [2.05, 4.69) is 29.2 Å². The third-order valence-corrected chi connectivity index (χ3v) is 7.23. The minimum Gasteiger partial charge on any atom is -0.361 e. The summed E-state index contributed by atoms with van der Waals surface area (Å²) in [5.74, 6) is 0.786. The van der Waals surface area contributed by atoms with Gasteiger partial charge < -0.3 is 4.74 Å². The van der Waals surface area contributed by atoms with E-state index in [0.29, 0.717) is 13.3 Å². The van der Waals surface area contributed by atoms with E-state index in [1.54, 1.807) is 24.5 Å². The first-order chi connectivity index (χ1) is 16.3. The highest BCUT2D eigenvalue weighted by Gasteiger charge is 2.22. The van der Waals surface area contributed by atoms with E-state index in [1.165, 1.54) is 12.1 Å². The molecule has 0 atom stereocenters. The van der Waals surface area contributed by atoms with Gasteiger partial charge in [-0.2, -0.15) is 0 Å². The lowest BCUT2D eigenvalue weighted by atomic mass is 10.1. The molecule has 0 aliphatic rings. The van der Waals surface area contributed by atoms with Crippen LogP contribution in [0.5, 0.6) is 0 Å². The highest BCUT2D eigenvalue weighted by Crippen LogP contribution is 2.36. The number of rotatable bonds is 9. The average molecular weight is 473 g/mol. The number of hydrogen-bond donors (Lipinski definition) is 0. The molecular formula is C26H28N4O3Si. The van der Waals surface area contributed by atoms with Crippen molar-refractivity contribution < 1.29 is 9.66 Å². The predicted octanol–water partition coefficient (Wildman–Crippen LogP) is 6.50. The van der Waals surface area contributed by atoms with Crippen LogP contribution in [0.2, 0.25) is 25.7 Å². The van der Waals surface area contributed by atoms with E-state index in [9.17, 15) is 10.1 Å². The molecule has 7 nitrogen and oxygen atoms in total. The van der Waals surface area contributed by atoms with E-state index in [1.807, 2.05) is 42.5 Å². The highest BCUT2D eigenvalue weighted by atomic mass is 28.3. The number of nitro benzene ring substituents is 1. The maximum absolute atomic E-state index is 11.2. The van der Waals surface area contributed by atoms with Crippen molar-refractivity contribution in [3.8, 4) is 33.9 Å². The Hall–Kier alpha value is -3.62. The first-order valence-electron chi connectivity index (χ1n) is 11.2. The second kappa shape index (κ2) is 10.1. The van der Waals surface area contributed by atoms with Gasteiger partial charge in [0.2, 0.25) is 0 Å². The Balaban J connectivity index is 1.86. The van der Waals surface area contributed by atoms with E-state index >= 15 is 0 Å². The van der Waals surface area contributed by atoms with E-state index < -0.39 is 8.07 Å². The second-order valence-electron chi connectivity index (χ2n) is 9.31. The van der Waals surface area contributed by atoms with Gasteiger partial charge in [0.05, 0.1) is 16.3 Å². The van der Waals surface area contributed by atoms with Gasteiger partial charge in [-0.3, -0.25) is 19.7 Å². The van der Waals surface area contributed by atoms with Crippen molar-refractivity contribution in [1.29, 1.82) is 0 Å². The Bertz CT molecular complexity index is 1250. The van der Waals surface area contributed by atoms with Crippen LogP contribution < -0.4 is 0 Å². The fourth-order valence-electron chi connectivity index (χ4n) is 3.67. The summed E-state index contributed by atoms with van der Waals surface area (Å²) in [4.78, 5) is 20.0. The Labute approximate surface area is 200 Å². The maximum Gasteiger partial charge on any atom is 0.269 e. The van der Waals surface area contributed by atoms with Crippen molar-refractivity contribution in [2.75, 3.05) is 6.61 Å². The molecule has 0 aliphatic carbocycles. The van der Waals surface area contributed by atoms with Gasteiger partial charge in [-0.05, 0) is 30.3 Å². The molecule has 0 amide bonds. The van der Waals surface area contributed by atoms with Crippen molar-refractivity contribution >= 4 is 13.8 Å². The lowest BCUT2D eigenvalue weighted by molar-refractivity contribution is -0.384. The lowest BCUT2D eigenvalue weighted by Crippen LogP contribution is -2.22. The van der Waals surface area contributed by atoms with E-state index in [-0.39, 0.29) is 10.6 Å². The number of pyridine rings is 1. The molecule has 34 heavy (non-hydrogen) atoms. The van der Waals surface area contributed by atoms with Gasteiger partial charge in [-0.25, -0.2) is 4.98 Å². The largest absolute Gasteiger partial charge is 0.361 e. The summed E-state index contributed by atoms with van der Waals surface area (Å²) < 4.78 is 8.23. The first-order valence-corrected chi connectivity index (χ1v) is 14.9. The van der Waals surface area contributed by atoms with Gasteiger partial charge in [0, 0.05) is 55.9 Å². The fraction of sp³-hybridized carbons (Fsp3) is 0.231. The van der Waals surface area contributed by atoms with Crippen LogP contribution in [0.4, 0.5) is 5.69 Å². The van der Waals surface area contributed by atoms with Crippen molar-refractivity contribution in [3.05, 3.63) is 89.2 Å². The molecule has 0 saturated heterocycles. The quantitative estimate of drug-likeness (QED) is 0.120. The number of benzene rings is 2. The molecule has 174 valence electrons. The van der Waals surface area contributed by atoms with Gasteiger partial charge in [0.25, 0.3) is 5.69 Å². The molecule has 4 rings (SSSR count). The smallest absolute Gasteiger partial charge is 0.269 e. The van der Waals surface area contributed by atoms with Crippen LogP contribution in [0.25, 0.3) is 33.9 Å².